The van der Waals surface area contributed by atoms with Crippen molar-refractivity contribution in [2.24, 2.45) is 5.73 Å². The van der Waals surface area contributed by atoms with Crippen molar-refractivity contribution in [2.45, 2.75) is 31.7 Å². The van der Waals surface area contributed by atoms with Gasteiger partial charge in [0.1, 0.15) is 0 Å². The molecule has 7 heteroatoms. The lowest BCUT2D eigenvalue weighted by Crippen LogP contribution is -2.10. The first-order chi connectivity index (χ1) is 12.0. The average Bonchev–Trinajstić information content (AvgIpc) is 3.02. The average molecular weight is 353 g/mol. The van der Waals surface area contributed by atoms with E-state index < -0.39 is 5.91 Å². The van der Waals surface area contributed by atoms with Gasteiger partial charge in [0.05, 0.1) is 5.69 Å². The van der Waals surface area contributed by atoms with Crippen LogP contribution in [0, 0.1) is 20.8 Å². The second kappa shape index (κ2) is 7.06. The molecule has 1 aromatic heterocycles. The fourth-order valence-corrected chi connectivity index (χ4v) is 3.86. The Bertz CT molecular complexity index is 894. The van der Waals surface area contributed by atoms with Gasteiger partial charge in [-0.15, -0.1) is 5.10 Å². The Balaban J connectivity index is 1.82. The molecule has 0 atom stereocenters. The summed E-state index contributed by atoms with van der Waals surface area (Å²) in [7, 11) is 0. The molecular formula is C18H19N5OS. The van der Waals surface area contributed by atoms with Gasteiger partial charge in [-0.3, -0.25) is 4.79 Å². The third kappa shape index (κ3) is 3.71. The minimum absolute atomic E-state index is 0.455. The molecule has 0 aliphatic heterocycles. The van der Waals surface area contributed by atoms with E-state index in [0.717, 1.165) is 11.4 Å². The molecule has 0 saturated heterocycles. The molecule has 25 heavy (non-hydrogen) atoms. The van der Waals surface area contributed by atoms with Crippen LogP contribution in [0.1, 0.15) is 32.6 Å². The summed E-state index contributed by atoms with van der Waals surface area (Å²) in [5.41, 5.74) is 11.6. The Labute approximate surface area is 150 Å². The van der Waals surface area contributed by atoms with Crippen molar-refractivity contribution in [3.8, 4) is 5.69 Å². The molecule has 1 amide bonds. The van der Waals surface area contributed by atoms with Crippen molar-refractivity contribution in [3.63, 3.8) is 0 Å². The summed E-state index contributed by atoms with van der Waals surface area (Å²) >= 11 is 1.58. The van der Waals surface area contributed by atoms with Crippen LogP contribution < -0.4 is 5.73 Å². The zero-order chi connectivity index (χ0) is 18.0. The number of primary amides is 1. The SMILES string of the molecule is Cc1cc(C)c(CSc2nnnn2-c2ccc(C(N)=O)cc2)c(C)c1. The smallest absolute Gasteiger partial charge is 0.248 e. The van der Waals surface area contributed by atoms with Crippen molar-refractivity contribution in [1.29, 1.82) is 0 Å². The van der Waals surface area contributed by atoms with Crippen molar-refractivity contribution >= 4 is 17.7 Å². The quantitative estimate of drug-likeness (QED) is 0.713. The van der Waals surface area contributed by atoms with E-state index in [1.807, 2.05) is 0 Å². The Hall–Kier alpha value is -2.67. The highest BCUT2D eigenvalue weighted by atomic mass is 32.2. The van der Waals surface area contributed by atoms with Crippen LogP contribution >= 0.6 is 11.8 Å². The van der Waals surface area contributed by atoms with Gasteiger partial charge in [-0.2, -0.15) is 4.68 Å². The van der Waals surface area contributed by atoms with E-state index >= 15 is 0 Å². The predicted molar refractivity (Wildman–Crippen MR) is 97.9 cm³/mol. The largest absolute Gasteiger partial charge is 0.366 e. The second-order valence-corrected chi connectivity index (χ2v) is 6.89. The Kier molecular flexibility index (Phi) is 4.85. The summed E-state index contributed by atoms with van der Waals surface area (Å²) in [5.74, 6) is 0.334. The highest BCUT2D eigenvalue weighted by Gasteiger charge is 2.12. The maximum absolute atomic E-state index is 11.2. The number of rotatable bonds is 5. The molecule has 3 aromatic rings. The number of nitrogens with two attached hydrogens (primary N) is 1. The highest BCUT2D eigenvalue weighted by molar-refractivity contribution is 7.98. The molecule has 0 fully saturated rings. The summed E-state index contributed by atoms with van der Waals surface area (Å²) in [6.07, 6.45) is 0. The summed E-state index contributed by atoms with van der Waals surface area (Å²) in [5, 5.41) is 12.6. The minimum atomic E-state index is -0.455. The van der Waals surface area contributed by atoms with Crippen LogP contribution in [0.15, 0.2) is 41.6 Å². The molecule has 0 radical (unpaired) electrons. The Morgan fingerprint density at radius 3 is 2.36 bits per heavy atom. The minimum Gasteiger partial charge on any atom is -0.366 e. The molecule has 6 nitrogen and oxygen atoms in total. The molecule has 3 rings (SSSR count). The summed E-state index contributed by atoms with van der Waals surface area (Å²) < 4.78 is 1.66. The normalized spacial score (nSPS) is 10.8. The summed E-state index contributed by atoms with van der Waals surface area (Å²) in [6.45, 7) is 6.36. The number of benzene rings is 2. The van der Waals surface area contributed by atoms with Gasteiger partial charge in [-0.05, 0) is 72.2 Å². The van der Waals surface area contributed by atoms with E-state index in [-0.39, 0.29) is 0 Å². The number of carbonyl (C=O) groups is 1. The molecule has 2 aromatic carbocycles. The summed E-state index contributed by atoms with van der Waals surface area (Å²) in [4.78, 5) is 11.2. The van der Waals surface area contributed by atoms with Crippen LogP contribution in [0.5, 0.6) is 0 Å². The van der Waals surface area contributed by atoms with Crippen LogP contribution in [0.4, 0.5) is 0 Å². The topological polar surface area (TPSA) is 86.7 Å². The van der Waals surface area contributed by atoms with E-state index in [4.69, 9.17) is 5.73 Å². The zero-order valence-corrected chi connectivity index (χ0v) is 15.2. The maximum Gasteiger partial charge on any atom is 0.248 e. The van der Waals surface area contributed by atoms with Crippen molar-refractivity contribution in [2.75, 3.05) is 0 Å². The number of aryl methyl sites for hydroxylation is 3. The lowest BCUT2D eigenvalue weighted by Gasteiger charge is -2.11. The number of amides is 1. The van der Waals surface area contributed by atoms with Gasteiger partial charge >= 0.3 is 0 Å². The van der Waals surface area contributed by atoms with E-state index in [9.17, 15) is 4.79 Å². The predicted octanol–water partition coefficient (Wildman–Crippen LogP) is 2.98. The van der Waals surface area contributed by atoms with Crippen LogP contribution in [0.2, 0.25) is 0 Å². The number of carbonyl (C=O) groups excluding carboxylic acids is 1. The number of thioether (sulfide) groups is 1. The maximum atomic E-state index is 11.2. The van der Waals surface area contributed by atoms with Crippen LogP contribution in [0.3, 0.4) is 0 Å². The van der Waals surface area contributed by atoms with Gasteiger partial charge < -0.3 is 5.73 Å². The molecule has 2 N–H and O–H groups in total. The van der Waals surface area contributed by atoms with Crippen molar-refractivity contribution in [1.82, 2.24) is 20.2 Å². The van der Waals surface area contributed by atoms with Crippen molar-refractivity contribution in [3.05, 3.63) is 64.2 Å². The second-order valence-electron chi connectivity index (χ2n) is 5.95. The fraction of sp³-hybridized carbons (Fsp3) is 0.222. The third-order valence-corrected chi connectivity index (χ3v) is 4.97. The molecule has 0 spiro atoms. The monoisotopic (exact) mass is 353 g/mol. The summed E-state index contributed by atoms with van der Waals surface area (Å²) in [6, 6.07) is 11.3. The van der Waals surface area contributed by atoms with Gasteiger partial charge in [-0.1, -0.05) is 29.5 Å². The third-order valence-electron chi connectivity index (χ3n) is 4.02. The molecule has 1 heterocycles. The van der Waals surface area contributed by atoms with E-state index in [1.54, 1.807) is 40.7 Å². The molecule has 0 aliphatic rings. The molecule has 128 valence electrons. The van der Waals surface area contributed by atoms with Gasteiger partial charge in [0.15, 0.2) is 0 Å². The number of hydrogen-bond donors (Lipinski definition) is 1. The number of nitrogens with zero attached hydrogens (tertiary/aromatic N) is 4. The number of aromatic nitrogens is 4. The van der Waals surface area contributed by atoms with Crippen LogP contribution in [0.25, 0.3) is 5.69 Å². The molecule has 0 unspecified atom stereocenters. The number of tetrazole rings is 1. The van der Waals surface area contributed by atoms with E-state index in [2.05, 4.69) is 48.4 Å². The first-order valence-corrected chi connectivity index (χ1v) is 8.82. The highest BCUT2D eigenvalue weighted by Crippen LogP contribution is 2.26. The van der Waals surface area contributed by atoms with Gasteiger partial charge in [-0.25, -0.2) is 0 Å². The molecule has 0 aliphatic carbocycles. The zero-order valence-electron chi connectivity index (χ0n) is 14.4. The standard InChI is InChI=1S/C18H19N5OS/c1-11-8-12(2)16(13(3)9-11)10-25-18-20-21-22-23(18)15-6-4-14(5-7-15)17(19)24/h4-9H,10H2,1-3H3,(H2,19,24). The molecule has 0 bridgehead atoms. The van der Waals surface area contributed by atoms with E-state index in [1.165, 1.54) is 22.3 Å². The fourth-order valence-electron chi connectivity index (χ4n) is 2.77. The number of hydrogen-bond acceptors (Lipinski definition) is 5. The first-order valence-electron chi connectivity index (χ1n) is 7.84. The van der Waals surface area contributed by atoms with Gasteiger partial charge in [0, 0.05) is 11.3 Å². The van der Waals surface area contributed by atoms with E-state index in [0.29, 0.717) is 10.7 Å². The lowest BCUT2D eigenvalue weighted by atomic mass is 10.0. The van der Waals surface area contributed by atoms with Crippen LogP contribution in [-0.2, 0) is 5.75 Å². The van der Waals surface area contributed by atoms with Gasteiger partial charge in [0.2, 0.25) is 11.1 Å². The lowest BCUT2D eigenvalue weighted by molar-refractivity contribution is 0.100. The van der Waals surface area contributed by atoms with Crippen molar-refractivity contribution < 1.29 is 4.79 Å². The molecular weight excluding hydrogens is 334 g/mol. The Morgan fingerprint density at radius 2 is 1.76 bits per heavy atom. The first kappa shape index (κ1) is 17.2. The van der Waals surface area contributed by atoms with Gasteiger partial charge in [0.25, 0.3) is 0 Å². The molecule has 0 saturated carbocycles. The van der Waals surface area contributed by atoms with Crippen LogP contribution in [-0.4, -0.2) is 26.1 Å². The Morgan fingerprint density at radius 1 is 1.12 bits per heavy atom.